The first kappa shape index (κ1) is 66.1. The highest BCUT2D eigenvalue weighted by molar-refractivity contribution is 5.71. The SMILES string of the molecule is CCCCC/C=C\CCCCCCCC(=O)OCC(COC(=O)CCCCCCCCCCCCCC/C=C\C/C=C\C/C=C\CCCCCCC)OC(=O)CCCCCCC/C=C\CCCCC. The fraction of sp³-hybridized carbons (Fsp3) is 0.794. The van der Waals surface area contributed by atoms with Crippen molar-refractivity contribution in [2.75, 3.05) is 13.2 Å². The van der Waals surface area contributed by atoms with Gasteiger partial charge < -0.3 is 14.2 Å². The second kappa shape index (κ2) is 57.7. The van der Waals surface area contributed by atoms with E-state index in [2.05, 4.69) is 81.5 Å². The van der Waals surface area contributed by atoms with Crippen LogP contribution in [0.4, 0.5) is 0 Å². The maximum absolute atomic E-state index is 12.8. The summed E-state index contributed by atoms with van der Waals surface area (Å²) >= 11 is 0. The normalized spacial score (nSPS) is 12.4. The van der Waals surface area contributed by atoms with Crippen LogP contribution in [-0.2, 0) is 28.6 Å². The minimum Gasteiger partial charge on any atom is -0.462 e. The minimum absolute atomic E-state index is 0.0798. The molecule has 0 saturated carbocycles. The van der Waals surface area contributed by atoms with Crippen molar-refractivity contribution in [3.05, 3.63) is 60.8 Å². The van der Waals surface area contributed by atoms with Crippen molar-refractivity contribution in [3.8, 4) is 0 Å². The average molecular weight is 966 g/mol. The molecule has 0 amide bonds. The summed E-state index contributed by atoms with van der Waals surface area (Å²) in [5.41, 5.74) is 0. The standard InChI is InChI=1S/C63H112O6/c1-4-7-10-13-16-19-22-25-26-27-28-29-30-31-32-33-34-35-36-37-38-39-42-44-47-50-53-56-62(65)68-59-60(69-63(66)57-54-51-48-45-41-24-21-18-15-12-9-6-3)58-67-61(64)55-52-49-46-43-40-23-20-17-14-11-8-5-2/h17-18,20-22,25,27-28,30-31,60H,4-16,19,23-24,26,29,32-59H2,1-3H3/b20-17-,21-18-,25-22-,28-27-,31-30-. The summed E-state index contributed by atoms with van der Waals surface area (Å²) in [6, 6.07) is 0. The third-order valence-corrected chi connectivity index (χ3v) is 13.0. The van der Waals surface area contributed by atoms with Gasteiger partial charge in [0, 0.05) is 19.3 Å². The molecular formula is C63H112O6. The molecule has 0 aliphatic heterocycles. The number of ether oxygens (including phenoxy) is 3. The topological polar surface area (TPSA) is 78.9 Å². The Morgan fingerprint density at radius 3 is 0.855 bits per heavy atom. The molecule has 1 unspecified atom stereocenters. The fourth-order valence-electron chi connectivity index (χ4n) is 8.44. The second-order valence-electron chi connectivity index (χ2n) is 19.9. The van der Waals surface area contributed by atoms with Crippen molar-refractivity contribution >= 4 is 17.9 Å². The van der Waals surface area contributed by atoms with Gasteiger partial charge in [0.05, 0.1) is 0 Å². The molecule has 0 fully saturated rings. The Morgan fingerprint density at radius 2 is 0.522 bits per heavy atom. The van der Waals surface area contributed by atoms with Crippen molar-refractivity contribution in [2.45, 2.75) is 309 Å². The van der Waals surface area contributed by atoms with E-state index in [9.17, 15) is 14.4 Å². The van der Waals surface area contributed by atoms with Crippen molar-refractivity contribution in [1.82, 2.24) is 0 Å². The van der Waals surface area contributed by atoms with Crippen LogP contribution in [0.15, 0.2) is 60.8 Å². The summed E-state index contributed by atoms with van der Waals surface area (Å²) < 4.78 is 16.8. The maximum Gasteiger partial charge on any atom is 0.306 e. The van der Waals surface area contributed by atoms with Gasteiger partial charge in [-0.2, -0.15) is 0 Å². The van der Waals surface area contributed by atoms with Crippen LogP contribution in [0.2, 0.25) is 0 Å². The molecule has 1 atom stereocenters. The van der Waals surface area contributed by atoms with Crippen LogP contribution in [0.1, 0.15) is 303 Å². The average Bonchev–Trinajstić information content (AvgIpc) is 3.35. The number of carbonyl (C=O) groups excluding carboxylic acids is 3. The van der Waals surface area contributed by atoms with Gasteiger partial charge in [0.25, 0.3) is 0 Å². The predicted molar refractivity (Wildman–Crippen MR) is 298 cm³/mol. The van der Waals surface area contributed by atoms with E-state index >= 15 is 0 Å². The molecule has 0 N–H and O–H groups in total. The molecule has 0 aliphatic carbocycles. The zero-order valence-corrected chi connectivity index (χ0v) is 45.8. The van der Waals surface area contributed by atoms with Gasteiger partial charge in [0.1, 0.15) is 13.2 Å². The first-order valence-electron chi connectivity index (χ1n) is 29.8. The van der Waals surface area contributed by atoms with E-state index in [0.29, 0.717) is 19.3 Å². The Balaban J connectivity index is 4.20. The minimum atomic E-state index is -0.781. The summed E-state index contributed by atoms with van der Waals surface area (Å²) in [5.74, 6) is -0.891. The largest absolute Gasteiger partial charge is 0.462 e. The third kappa shape index (κ3) is 55.9. The van der Waals surface area contributed by atoms with E-state index in [4.69, 9.17) is 14.2 Å². The molecule has 0 spiro atoms. The molecule has 0 saturated heterocycles. The van der Waals surface area contributed by atoms with Crippen LogP contribution in [0, 0.1) is 0 Å². The Hall–Kier alpha value is -2.89. The molecule has 6 nitrogen and oxygen atoms in total. The van der Waals surface area contributed by atoms with Crippen molar-refractivity contribution in [3.63, 3.8) is 0 Å². The number of allylic oxidation sites excluding steroid dienone is 10. The van der Waals surface area contributed by atoms with E-state index in [-0.39, 0.29) is 31.1 Å². The van der Waals surface area contributed by atoms with Gasteiger partial charge in [-0.1, -0.05) is 236 Å². The van der Waals surface area contributed by atoms with Gasteiger partial charge in [0.2, 0.25) is 0 Å². The molecule has 0 aromatic carbocycles. The van der Waals surface area contributed by atoms with E-state index in [1.807, 2.05) is 0 Å². The summed E-state index contributed by atoms with van der Waals surface area (Å²) in [4.78, 5) is 38.1. The number of carbonyl (C=O) groups is 3. The molecule has 400 valence electrons. The Kier molecular flexibility index (Phi) is 55.3. The molecule has 0 bridgehead atoms. The number of rotatable bonds is 54. The van der Waals surface area contributed by atoms with Gasteiger partial charge in [-0.25, -0.2) is 0 Å². The molecule has 69 heavy (non-hydrogen) atoms. The third-order valence-electron chi connectivity index (χ3n) is 13.0. The number of hydrogen-bond acceptors (Lipinski definition) is 6. The van der Waals surface area contributed by atoms with Crippen LogP contribution in [0.5, 0.6) is 0 Å². The zero-order valence-electron chi connectivity index (χ0n) is 45.8. The lowest BCUT2D eigenvalue weighted by molar-refractivity contribution is -0.167. The van der Waals surface area contributed by atoms with Crippen molar-refractivity contribution in [2.24, 2.45) is 0 Å². The Morgan fingerprint density at radius 1 is 0.290 bits per heavy atom. The van der Waals surface area contributed by atoms with E-state index in [1.54, 1.807) is 0 Å². The van der Waals surface area contributed by atoms with Crippen LogP contribution in [-0.4, -0.2) is 37.2 Å². The molecule has 0 radical (unpaired) electrons. The van der Waals surface area contributed by atoms with E-state index < -0.39 is 6.10 Å². The first-order chi connectivity index (χ1) is 34.0. The molecule has 0 aliphatic rings. The summed E-state index contributed by atoms with van der Waals surface area (Å²) in [6.07, 6.45) is 72.2. The van der Waals surface area contributed by atoms with E-state index in [1.165, 1.54) is 173 Å². The first-order valence-corrected chi connectivity index (χ1v) is 29.8. The lowest BCUT2D eigenvalue weighted by Crippen LogP contribution is -2.30. The number of unbranched alkanes of at least 4 members (excludes halogenated alkanes) is 33. The van der Waals surface area contributed by atoms with Crippen molar-refractivity contribution in [1.29, 1.82) is 0 Å². The highest BCUT2D eigenvalue weighted by Crippen LogP contribution is 2.16. The highest BCUT2D eigenvalue weighted by atomic mass is 16.6. The molecule has 0 aromatic heterocycles. The molecule has 0 heterocycles. The van der Waals surface area contributed by atoms with Gasteiger partial charge >= 0.3 is 17.9 Å². The van der Waals surface area contributed by atoms with Crippen LogP contribution in [0.25, 0.3) is 0 Å². The fourth-order valence-corrected chi connectivity index (χ4v) is 8.44. The Bertz CT molecular complexity index is 1250. The van der Waals surface area contributed by atoms with Crippen LogP contribution in [0.3, 0.4) is 0 Å². The summed E-state index contributed by atoms with van der Waals surface area (Å²) in [5, 5.41) is 0. The van der Waals surface area contributed by atoms with Crippen LogP contribution < -0.4 is 0 Å². The predicted octanol–water partition coefficient (Wildman–Crippen LogP) is 20.0. The molecular weight excluding hydrogens is 853 g/mol. The summed E-state index contributed by atoms with van der Waals surface area (Å²) in [6.45, 7) is 6.58. The summed E-state index contributed by atoms with van der Waals surface area (Å²) in [7, 11) is 0. The second-order valence-corrected chi connectivity index (χ2v) is 19.9. The smallest absolute Gasteiger partial charge is 0.306 e. The molecule has 6 heteroatoms. The van der Waals surface area contributed by atoms with E-state index in [0.717, 1.165) is 89.9 Å². The highest BCUT2D eigenvalue weighted by Gasteiger charge is 2.19. The van der Waals surface area contributed by atoms with Gasteiger partial charge in [0.15, 0.2) is 6.10 Å². The van der Waals surface area contributed by atoms with Gasteiger partial charge in [-0.3, -0.25) is 14.4 Å². The molecule has 0 rings (SSSR count). The Labute approximate surface area is 428 Å². The quantitative estimate of drug-likeness (QED) is 0.0262. The molecule has 0 aromatic rings. The van der Waals surface area contributed by atoms with Gasteiger partial charge in [-0.05, 0) is 109 Å². The maximum atomic E-state index is 12.8. The monoisotopic (exact) mass is 965 g/mol. The number of esters is 3. The number of hydrogen-bond donors (Lipinski definition) is 0. The lowest BCUT2D eigenvalue weighted by Gasteiger charge is -2.18. The van der Waals surface area contributed by atoms with Crippen LogP contribution >= 0.6 is 0 Å². The van der Waals surface area contributed by atoms with Gasteiger partial charge in [-0.15, -0.1) is 0 Å². The van der Waals surface area contributed by atoms with Crippen molar-refractivity contribution < 1.29 is 28.6 Å². The lowest BCUT2D eigenvalue weighted by atomic mass is 10.0. The zero-order chi connectivity index (χ0) is 50.0.